The molecular formula is C48H34N2S. The molecule has 0 bridgehead atoms. The van der Waals surface area contributed by atoms with Crippen molar-refractivity contribution in [2.45, 2.75) is 12.8 Å². The van der Waals surface area contributed by atoms with E-state index in [0.717, 1.165) is 24.2 Å². The maximum atomic E-state index is 3.84. The van der Waals surface area contributed by atoms with Crippen LogP contribution in [0, 0.1) is 0 Å². The zero-order valence-corrected chi connectivity index (χ0v) is 28.8. The highest BCUT2D eigenvalue weighted by Gasteiger charge is 2.24. The first-order valence-corrected chi connectivity index (χ1v) is 18.5. The highest BCUT2D eigenvalue weighted by atomic mass is 32.1. The number of rotatable bonds is 6. The van der Waals surface area contributed by atoms with E-state index in [-0.39, 0.29) is 0 Å². The lowest BCUT2D eigenvalue weighted by Gasteiger charge is -2.21. The molecule has 1 aliphatic carbocycles. The lowest BCUT2D eigenvalue weighted by Crippen LogP contribution is -2.06. The summed E-state index contributed by atoms with van der Waals surface area (Å²) < 4.78 is 5.12. The van der Waals surface area contributed by atoms with Crippen LogP contribution >= 0.6 is 11.3 Å². The summed E-state index contributed by atoms with van der Waals surface area (Å²) in [6, 6.07) is 61.5. The first-order chi connectivity index (χ1) is 25.3. The quantitative estimate of drug-likeness (QED) is 0.186. The summed E-state index contributed by atoms with van der Waals surface area (Å²) in [6.07, 6.45) is 4.39. The highest BCUT2D eigenvalue weighted by molar-refractivity contribution is 7.25. The van der Waals surface area contributed by atoms with E-state index in [0.29, 0.717) is 0 Å². The third-order valence-corrected chi connectivity index (χ3v) is 11.4. The van der Waals surface area contributed by atoms with Gasteiger partial charge >= 0.3 is 0 Å². The Balaban J connectivity index is 1.14. The van der Waals surface area contributed by atoms with Crippen LogP contribution < -0.4 is 5.32 Å². The predicted octanol–water partition coefficient (Wildman–Crippen LogP) is 13.6. The molecule has 3 heteroatoms. The molecular weight excluding hydrogens is 637 g/mol. The van der Waals surface area contributed by atoms with Crippen molar-refractivity contribution in [2.75, 3.05) is 5.32 Å². The minimum Gasteiger partial charge on any atom is -0.355 e. The molecule has 0 aliphatic heterocycles. The molecule has 0 saturated heterocycles. The third kappa shape index (κ3) is 5.26. The average molecular weight is 671 g/mol. The maximum absolute atomic E-state index is 3.84. The highest BCUT2D eigenvalue weighted by Crippen LogP contribution is 2.45. The van der Waals surface area contributed by atoms with Gasteiger partial charge in [0.25, 0.3) is 0 Å². The van der Waals surface area contributed by atoms with Crippen LogP contribution in [0.1, 0.15) is 23.2 Å². The number of benzene rings is 7. The Morgan fingerprint density at radius 1 is 0.490 bits per heavy atom. The molecule has 1 N–H and O–H groups in total. The van der Waals surface area contributed by atoms with Crippen LogP contribution in [0.5, 0.6) is 0 Å². The van der Waals surface area contributed by atoms with Gasteiger partial charge in [-0.05, 0) is 101 Å². The fraction of sp³-hybridized carbons (Fsp3) is 0.0417. The Morgan fingerprint density at radius 3 is 1.94 bits per heavy atom. The van der Waals surface area contributed by atoms with Gasteiger partial charge in [0.15, 0.2) is 0 Å². The summed E-state index contributed by atoms with van der Waals surface area (Å²) in [5.41, 5.74) is 15.0. The number of thiophene rings is 1. The van der Waals surface area contributed by atoms with Gasteiger partial charge in [-0.1, -0.05) is 115 Å². The SMILES string of the molecule is C1=C(c2cc3sc4ccc(-c5ccccc5)cc4c3cc2Nc2ccccc2)CCc2c1c1ccccc1n2-c1cccc(-c2ccccc2)c1. The number of hydrogen-bond donors (Lipinski definition) is 1. The minimum atomic E-state index is 0.958. The molecule has 0 saturated carbocycles. The van der Waals surface area contributed by atoms with E-state index >= 15 is 0 Å². The number of nitrogens with zero attached hydrogens (tertiary/aromatic N) is 1. The molecule has 2 nitrogen and oxygen atoms in total. The molecule has 0 atom stereocenters. The first kappa shape index (κ1) is 29.7. The van der Waals surface area contributed by atoms with E-state index in [1.54, 1.807) is 0 Å². The summed E-state index contributed by atoms with van der Waals surface area (Å²) in [7, 11) is 0. The van der Waals surface area contributed by atoms with E-state index in [2.05, 4.69) is 186 Å². The van der Waals surface area contributed by atoms with E-state index in [9.17, 15) is 0 Å². The van der Waals surface area contributed by atoms with Gasteiger partial charge in [-0.3, -0.25) is 0 Å². The number of fused-ring (bicyclic) bond motifs is 6. The van der Waals surface area contributed by atoms with Crippen molar-refractivity contribution >= 4 is 65.4 Å². The molecule has 0 spiro atoms. The molecule has 1 aliphatic rings. The monoisotopic (exact) mass is 670 g/mol. The molecule has 242 valence electrons. The Bertz CT molecular complexity index is 2750. The van der Waals surface area contributed by atoms with Crippen LogP contribution in [0.15, 0.2) is 170 Å². The molecule has 0 radical (unpaired) electrons. The zero-order chi connectivity index (χ0) is 33.7. The van der Waals surface area contributed by atoms with Crippen molar-refractivity contribution in [3.63, 3.8) is 0 Å². The normalized spacial score (nSPS) is 12.7. The van der Waals surface area contributed by atoms with E-state index in [4.69, 9.17) is 0 Å². The minimum absolute atomic E-state index is 0.958. The number of anilines is 2. The van der Waals surface area contributed by atoms with Gasteiger partial charge in [0.05, 0.1) is 5.52 Å². The van der Waals surface area contributed by atoms with Crippen molar-refractivity contribution in [3.05, 3.63) is 187 Å². The summed E-state index contributed by atoms with van der Waals surface area (Å²) >= 11 is 1.89. The van der Waals surface area contributed by atoms with Crippen LogP contribution in [0.4, 0.5) is 11.4 Å². The second-order valence-electron chi connectivity index (χ2n) is 13.4. The number of para-hydroxylation sites is 2. The smallest absolute Gasteiger partial charge is 0.0537 e. The van der Waals surface area contributed by atoms with Crippen LogP contribution in [-0.2, 0) is 6.42 Å². The number of nitrogens with one attached hydrogen (secondary N) is 1. The zero-order valence-electron chi connectivity index (χ0n) is 28.0. The summed E-state index contributed by atoms with van der Waals surface area (Å²) in [5, 5.41) is 7.73. The van der Waals surface area contributed by atoms with Gasteiger partial charge in [-0.2, -0.15) is 0 Å². The molecule has 7 aromatic carbocycles. The molecule has 9 aromatic rings. The summed E-state index contributed by atoms with van der Waals surface area (Å²) in [6.45, 7) is 0. The Labute approximate surface area is 301 Å². The maximum Gasteiger partial charge on any atom is 0.0537 e. The van der Waals surface area contributed by atoms with Crippen molar-refractivity contribution < 1.29 is 0 Å². The van der Waals surface area contributed by atoms with Gasteiger partial charge in [-0.25, -0.2) is 0 Å². The van der Waals surface area contributed by atoms with E-state index in [1.165, 1.54) is 81.4 Å². The lowest BCUT2D eigenvalue weighted by atomic mass is 9.89. The summed E-state index contributed by atoms with van der Waals surface area (Å²) in [5.74, 6) is 0. The predicted molar refractivity (Wildman–Crippen MR) is 219 cm³/mol. The van der Waals surface area contributed by atoms with Crippen molar-refractivity contribution in [2.24, 2.45) is 0 Å². The molecule has 10 rings (SSSR count). The lowest BCUT2D eigenvalue weighted by molar-refractivity contribution is 0.898. The fourth-order valence-corrected chi connectivity index (χ4v) is 8.97. The largest absolute Gasteiger partial charge is 0.355 e. The van der Waals surface area contributed by atoms with Crippen LogP contribution in [0.3, 0.4) is 0 Å². The Hall–Kier alpha value is -6.16. The third-order valence-electron chi connectivity index (χ3n) is 10.3. The van der Waals surface area contributed by atoms with Crippen molar-refractivity contribution in [3.8, 4) is 27.9 Å². The Morgan fingerprint density at radius 2 is 1.16 bits per heavy atom. The second kappa shape index (κ2) is 12.3. The van der Waals surface area contributed by atoms with Gasteiger partial charge in [0, 0.05) is 59.4 Å². The topological polar surface area (TPSA) is 17.0 Å². The van der Waals surface area contributed by atoms with Gasteiger partial charge in [0.2, 0.25) is 0 Å². The van der Waals surface area contributed by atoms with Crippen LogP contribution in [-0.4, -0.2) is 4.57 Å². The molecule has 2 heterocycles. The van der Waals surface area contributed by atoms with Gasteiger partial charge in [-0.15, -0.1) is 11.3 Å². The fourth-order valence-electron chi connectivity index (χ4n) is 7.87. The Kier molecular flexibility index (Phi) is 7.18. The molecule has 0 amide bonds. The van der Waals surface area contributed by atoms with E-state index < -0.39 is 0 Å². The molecule has 2 aromatic heterocycles. The number of hydrogen-bond acceptors (Lipinski definition) is 2. The molecule has 0 fully saturated rings. The standard InChI is InChI=1S/C48H34N2S/c1-4-13-32(14-5-1)34-17-12-20-38(27-34)50-45-22-11-10-21-39(45)41-29-36(23-25-46(41)50)40-31-48-43(30-44(40)49-37-18-8-3-9-19-37)42-28-35(24-26-47(42)51-48)33-15-6-2-7-16-33/h1-22,24,26-31,49H,23,25H2. The average Bonchev–Trinajstić information content (AvgIpc) is 3.73. The van der Waals surface area contributed by atoms with E-state index in [1.807, 2.05) is 11.3 Å². The first-order valence-electron chi connectivity index (χ1n) is 17.6. The van der Waals surface area contributed by atoms with Crippen molar-refractivity contribution in [1.29, 1.82) is 0 Å². The summed E-state index contributed by atoms with van der Waals surface area (Å²) in [4.78, 5) is 0. The van der Waals surface area contributed by atoms with Crippen LogP contribution in [0.2, 0.25) is 0 Å². The van der Waals surface area contributed by atoms with Gasteiger partial charge < -0.3 is 9.88 Å². The molecule has 51 heavy (non-hydrogen) atoms. The van der Waals surface area contributed by atoms with Gasteiger partial charge in [0.1, 0.15) is 0 Å². The number of allylic oxidation sites excluding steroid dienone is 1. The van der Waals surface area contributed by atoms with Crippen LogP contribution in [0.25, 0.3) is 70.7 Å². The van der Waals surface area contributed by atoms with Crippen molar-refractivity contribution in [1.82, 2.24) is 4.57 Å². The second-order valence-corrected chi connectivity index (χ2v) is 14.4. The molecule has 0 unspecified atom stereocenters. The number of aromatic nitrogens is 1.